The lowest BCUT2D eigenvalue weighted by molar-refractivity contribution is 0.138. The minimum absolute atomic E-state index is 0.233. The van der Waals surface area contributed by atoms with Crippen LogP contribution >= 0.6 is 0 Å². The summed E-state index contributed by atoms with van der Waals surface area (Å²) in [6.07, 6.45) is 8.75. The van der Waals surface area contributed by atoms with Gasteiger partial charge in [-0.25, -0.2) is 9.37 Å². The Bertz CT molecular complexity index is 633. The van der Waals surface area contributed by atoms with E-state index in [1.165, 1.54) is 31.7 Å². The van der Waals surface area contributed by atoms with Crippen LogP contribution in [0.3, 0.4) is 0 Å². The SMILES string of the molecule is CN=C(NCC1(CCOC)CCCC1)NC1CCN(c2ncccc2F)C1. The van der Waals surface area contributed by atoms with Crippen molar-refractivity contribution in [1.82, 2.24) is 15.6 Å². The molecule has 0 bridgehead atoms. The summed E-state index contributed by atoms with van der Waals surface area (Å²) in [5, 5.41) is 7.03. The number of rotatable bonds is 7. The molecule has 1 aromatic rings. The number of pyridine rings is 1. The molecule has 0 amide bonds. The van der Waals surface area contributed by atoms with Gasteiger partial charge in [-0.1, -0.05) is 12.8 Å². The average Bonchev–Trinajstić information content (AvgIpc) is 3.34. The van der Waals surface area contributed by atoms with Crippen LogP contribution in [0.4, 0.5) is 10.2 Å². The highest BCUT2D eigenvalue weighted by Gasteiger charge is 2.34. The highest BCUT2D eigenvalue weighted by molar-refractivity contribution is 5.80. The second-order valence-corrected chi connectivity index (χ2v) is 7.76. The first-order valence-electron chi connectivity index (χ1n) is 9.97. The van der Waals surface area contributed by atoms with E-state index >= 15 is 0 Å². The van der Waals surface area contributed by atoms with Gasteiger partial charge in [0, 0.05) is 52.6 Å². The van der Waals surface area contributed by atoms with Gasteiger partial charge < -0.3 is 20.3 Å². The summed E-state index contributed by atoms with van der Waals surface area (Å²) in [6.45, 7) is 3.24. The minimum atomic E-state index is -0.262. The monoisotopic (exact) mass is 377 g/mol. The predicted octanol–water partition coefficient (Wildman–Crippen LogP) is 2.56. The normalized spacial score (nSPS) is 22.3. The Morgan fingerprint density at radius 3 is 2.96 bits per heavy atom. The number of hydrogen-bond donors (Lipinski definition) is 2. The molecule has 7 heteroatoms. The molecular formula is C20H32FN5O. The van der Waals surface area contributed by atoms with Gasteiger partial charge in [0.2, 0.25) is 0 Å². The number of anilines is 1. The Kier molecular flexibility index (Phi) is 6.88. The molecule has 27 heavy (non-hydrogen) atoms. The van der Waals surface area contributed by atoms with Crippen LogP contribution in [0.1, 0.15) is 38.5 Å². The Balaban J connectivity index is 1.51. The van der Waals surface area contributed by atoms with Crippen molar-refractivity contribution in [3.8, 4) is 0 Å². The maximum Gasteiger partial charge on any atom is 0.191 e. The average molecular weight is 378 g/mol. The molecule has 150 valence electrons. The van der Waals surface area contributed by atoms with Crippen LogP contribution in [0.25, 0.3) is 0 Å². The van der Waals surface area contributed by atoms with Crippen molar-refractivity contribution >= 4 is 11.8 Å². The Labute approximate surface area is 161 Å². The summed E-state index contributed by atoms with van der Waals surface area (Å²) in [4.78, 5) is 10.6. The van der Waals surface area contributed by atoms with Crippen LogP contribution < -0.4 is 15.5 Å². The molecule has 1 aromatic heterocycles. The van der Waals surface area contributed by atoms with E-state index in [1.54, 1.807) is 26.4 Å². The third-order valence-electron chi connectivity index (χ3n) is 5.92. The number of aromatic nitrogens is 1. The second kappa shape index (κ2) is 9.35. The summed E-state index contributed by atoms with van der Waals surface area (Å²) in [5.74, 6) is 1.00. The van der Waals surface area contributed by atoms with Gasteiger partial charge >= 0.3 is 0 Å². The molecule has 1 unspecified atom stereocenters. The van der Waals surface area contributed by atoms with Gasteiger partial charge in [-0.3, -0.25) is 4.99 Å². The van der Waals surface area contributed by atoms with Gasteiger partial charge in [-0.2, -0.15) is 0 Å². The lowest BCUT2D eigenvalue weighted by Crippen LogP contribution is -2.47. The molecule has 2 fully saturated rings. The molecule has 2 heterocycles. The molecule has 0 radical (unpaired) electrons. The van der Waals surface area contributed by atoms with E-state index in [-0.39, 0.29) is 11.9 Å². The van der Waals surface area contributed by atoms with E-state index < -0.39 is 0 Å². The van der Waals surface area contributed by atoms with Crippen LogP contribution in [0.15, 0.2) is 23.3 Å². The number of nitrogens with one attached hydrogen (secondary N) is 2. The predicted molar refractivity (Wildman–Crippen MR) is 107 cm³/mol. The van der Waals surface area contributed by atoms with E-state index in [9.17, 15) is 4.39 Å². The fraction of sp³-hybridized carbons (Fsp3) is 0.700. The van der Waals surface area contributed by atoms with Crippen LogP contribution in [-0.2, 0) is 4.74 Å². The van der Waals surface area contributed by atoms with Crippen LogP contribution in [0.5, 0.6) is 0 Å². The van der Waals surface area contributed by atoms with Crippen molar-refractivity contribution in [2.45, 2.75) is 44.6 Å². The van der Waals surface area contributed by atoms with Crippen LogP contribution in [0.2, 0.25) is 0 Å². The van der Waals surface area contributed by atoms with Gasteiger partial charge in [0.05, 0.1) is 0 Å². The number of halogens is 1. The van der Waals surface area contributed by atoms with Crippen LogP contribution in [-0.4, -0.2) is 57.4 Å². The molecule has 1 saturated carbocycles. The topological polar surface area (TPSA) is 61.8 Å². The smallest absolute Gasteiger partial charge is 0.191 e. The number of nitrogens with zero attached hydrogens (tertiary/aromatic N) is 3. The maximum absolute atomic E-state index is 14.0. The largest absolute Gasteiger partial charge is 0.385 e. The van der Waals surface area contributed by atoms with Crippen molar-refractivity contribution in [3.63, 3.8) is 0 Å². The maximum atomic E-state index is 14.0. The van der Waals surface area contributed by atoms with E-state index in [1.807, 2.05) is 4.90 Å². The molecule has 0 spiro atoms. The van der Waals surface area contributed by atoms with Gasteiger partial charge in [0.15, 0.2) is 17.6 Å². The fourth-order valence-electron chi connectivity index (χ4n) is 4.30. The van der Waals surface area contributed by atoms with Crippen molar-refractivity contribution < 1.29 is 9.13 Å². The van der Waals surface area contributed by atoms with E-state index in [0.717, 1.165) is 45.0 Å². The highest BCUT2D eigenvalue weighted by atomic mass is 19.1. The molecule has 0 aromatic carbocycles. The number of aliphatic imine (C=N–C) groups is 1. The van der Waals surface area contributed by atoms with Crippen molar-refractivity contribution in [2.24, 2.45) is 10.4 Å². The number of hydrogen-bond acceptors (Lipinski definition) is 4. The quantitative estimate of drug-likeness (QED) is 0.565. The van der Waals surface area contributed by atoms with Gasteiger partial charge in [0.1, 0.15) is 0 Å². The first kappa shape index (κ1) is 19.9. The second-order valence-electron chi connectivity index (χ2n) is 7.76. The van der Waals surface area contributed by atoms with Crippen molar-refractivity contribution in [3.05, 3.63) is 24.1 Å². The summed E-state index contributed by atoms with van der Waals surface area (Å²) in [5.41, 5.74) is 0.312. The van der Waals surface area contributed by atoms with Crippen molar-refractivity contribution in [1.29, 1.82) is 0 Å². The number of ether oxygens (including phenoxy) is 1. The van der Waals surface area contributed by atoms with Gasteiger partial charge in [-0.15, -0.1) is 0 Å². The minimum Gasteiger partial charge on any atom is -0.385 e. The Hall–Kier alpha value is -1.89. The third kappa shape index (κ3) is 5.09. The zero-order valence-corrected chi connectivity index (χ0v) is 16.5. The van der Waals surface area contributed by atoms with Crippen LogP contribution in [0, 0.1) is 11.2 Å². The zero-order valence-electron chi connectivity index (χ0n) is 16.5. The van der Waals surface area contributed by atoms with E-state index in [0.29, 0.717) is 11.2 Å². The summed E-state index contributed by atoms with van der Waals surface area (Å²) >= 11 is 0. The van der Waals surface area contributed by atoms with E-state index in [2.05, 4.69) is 20.6 Å². The lowest BCUT2D eigenvalue weighted by atomic mass is 9.83. The summed E-state index contributed by atoms with van der Waals surface area (Å²) in [6, 6.07) is 3.32. The Morgan fingerprint density at radius 1 is 1.44 bits per heavy atom. The summed E-state index contributed by atoms with van der Waals surface area (Å²) < 4.78 is 19.3. The molecule has 2 aliphatic rings. The van der Waals surface area contributed by atoms with Gasteiger partial charge in [0.25, 0.3) is 0 Å². The van der Waals surface area contributed by atoms with E-state index in [4.69, 9.17) is 4.74 Å². The molecule has 2 N–H and O–H groups in total. The van der Waals surface area contributed by atoms with Crippen molar-refractivity contribution in [2.75, 3.05) is 45.3 Å². The van der Waals surface area contributed by atoms with Gasteiger partial charge in [-0.05, 0) is 43.2 Å². The third-order valence-corrected chi connectivity index (χ3v) is 5.92. The molecule has 1 saturated heterocycles. The summed E-state index contributed by atoms with van der Waals surface area (Å²) in [7, 11) is 3.57. The number of methoxy groups -OCH3 is 1. The molecule has 6 nitrogen and oxygen atoms in total. The molecule has 3 rings (SSSR count). The molecular weight excluding hydrogens is 345 g/mol. The standard InChI is InChI=1S/C20H32FN5O/c1-22-19(24-15-20(10-13-27-2)8-3-4-9-20)25-16-7-12-26(14-16)18-17(21)6-5-11-23-18/h5-6,11,16H,3-4,7-10,12-15H2,1-2H3,(H2,22,24,25). The fourth-order valence-corrected chi connectivity index (χ4v) is 4.30. The molecule has 1 aliphatic carbocycles. The lowest BCUT2D eigenvalue weighted by Gasteiger charge is -2.30. The number of guanidine groups is 1. The molecule has 1 atom stereocenters. The zero-order chi connectivity index (χ0) is 19.1. The first-order chi connectivity index (χ1) is 13.2. The highest BCUT2D eigenvalue weighted by Crippen LogP contribution is 2.40. The molecule has 1 aliphatic heterocycles. The Morgan fingerprint density at radius 2 is 2.26 bits per heavy atom. The first-order valence-corrected chi connectivity index (χ1v) is 9.97.